The number of carbonyl (C=O) groups is 3. The van der Waals surface area contributed by atoms with Crippen molar-refractivity contribution in [3.8, 4) is 5.75 Å². The molecule has 1 atom stereocenters. The number of hydrogen-bond acceptors (Lipinski definition) is 5. The zero-order valence-corrected chi connectivity index (χ0v) is 13.6. The summed E-state index contributed by atoms with van der Waals surface area (Å²) in [5, 5.41) is 9.71. The zero-order chi connectivity index (χ0) is 17.1. The van der Waals surface area contributed by atoms with Gasteiger partial charge in [0.2, 0.25) is 5.91 Å². The lowest BCUT2D eigenvalue weighted by atomic mass is 10.2. The minimum absolute atomic E-state index is 0.145. The molecule has 0 aliphatic carbocycles. The van der Waals surface area contributed by atoms with E-state index in [0.717, 1.165) is 0 Å². The summed E-state index contributed by atoms with van der Waals surface area (Å²) in [5.41, 5.74) is 1.00. The summed E-state index contributed by atoms with van der Waals surface area (Å²) < 4.78 is 5.44. The van der Waals surface area contributed by atoms with Crippen LogP contribution in [0.4, 0.5) is 11.4 Å². The molecule has 1 aliphatic heterocycles. The van der Waals surface area contributed by atoms with Crippen molar-refractivity contribution >= 4 is 40.4 Å². The summed E-state index contributed by atoms with van der Waals surface area (Å²) in [6.45, 7) is 1.51. The SMILES string of the molecule is C[C@H]1Oc2ccc(NC(=O)CNC(=O)c3cccs3)cc2NC1=O. The number of benzene rings is 1. The molecule has 3 amide bonds. The van der Waals surface area contributed by atoms with Gasteiger partial charge in [0.05, 0.1) is 17.1 Å². The van der Waals surface area contributed by atoms with Crippen molar-refractivity contribution in [2.24, 2.45) is 0 Å². The highest BCUT2D eigenvalue weighted by atomic mass is 32.1. The fourth-order valence-electron chi connectivity index (χ4n) is 2.15. The summed E-state index contributed by atoms with van der Waals surface area (Å²) >= 11 is 1.30. The summed E-state index contributed by atoms with van der Waals surface area (Å²) in [7, 11) is 0. The lowest BCUT2D eigenvalue weighted by molar-refractivity contribution is -0.122. The van der Waals surface area contributed by atoms with Crippen molar-refractivity contribution in [1.29, 1.82) is 0 Å². The predicted molar refractivity (Wildman–Crippen MR) is 90.4 cm³/mol. The van der Waals surface area contributed by atoms with Crippen LogP contribution >= 0.6 is 11.3 Å². The topological polar surface area (TPSA) is 96.5 Å². The van der Waals surface area contributed by atoms with E-state index < -0.39 is 6.10 Å². The molecule has 3 N–H and O–H groups in total. The van der Waals surface area contributed by atoms with Gasteiger partial charge in [0.15, 0.2) is 6.10 Å². The normalized spacial score (nSPS) is 15.7. The molecule has 124 valence electrons. The van der Waals surface area contributed by atoms with Crippen LogP contribution in [0.5, 0.6) is 5.75 Å². The van der Waals surface area contributed by atoms with Gasteiger partial charge in [-0.1, -0.05) is 6.07 Å². The van der Waals surface area contributed by atoms with Crippen LogP contribution in [0.15, 0.2) is 35.7 Å². The number of hydrogen-bond donors (Lipinski definition) is 3. The first-order valence-electron chi connectivity index (χ1n) is 7.26. The maximum atomic E-state index is 11.9. The van der Waals surface area contributed by atoms with Gasteiger partial charge in [-0.25, -0.2) is 0 Å². The summed E-state index contributed by atoms with van der Waals surface area (Å²) in [6.07, 6.45) is -0.551. The average molecular weight is 345 g/mol. The Bertz CT molecular complexity index is 789. The van der Waals surface area contributed by atoms with E-state index in [2.05, 4.69) is 16.0 Å². The van der Waals surface area contributed by atoms with Gasteiger partial charge in [0.1, 0.15) is 5.75 Å². The monoisotopic (exact) mass is 345 g/mol. The van der Waals surface area contributed by atoms with E-state index in [1.165, 1.54) is 11.3 Å². The molecular weight excluding hydrogens is 330 g/mol. The number of fused-ring (bicyclic) bond motifs is 1. The molecule has 1 aromatic carbocycles. The van der Waals surface area contributed by atoms with Gasteiger partial charge >= 0.3 is 0 Å². The molecule has 3 rings (SSSR count). The molecular formula is C16H15N3O4S. The molecule has 2 aromatic rings. The second kappa shape index (κ2) is 6.71. The Hall–Kier alpha value is -2.87. The van der Waals surface area contributed by atoms with Crippen LogP contribution in [0.25, 0.3) is 0 Å². The van der Waals surface area contributed by atoms with Crippen LogP contribution in [-0.4, -0.2) is 30.4 Å². The van der Waals surface area contributed by atoms with Crippen LogP contribution < -0.4 is 20.7 Å². The number of amides is 3. The van der Waals surface area contributed by atoms with Crippen LogP contribution in [-0.2, 0) is 9.59 Å². The minimum Gasteiger partial charge on any atom is -0.479 e. The molecule has 0 radical (unpaired) electrons. The standard InChI is InChI=1S/C16H15N3O4S/c1-9-15(21)19-11-7-10(4-5-12(11)23-9)18-14(20)8-17-16(22)13-3-2-6-24-13/h2-7,9H,8H2,1H3,(H,17,22)(H,18,20)(H,19,21)/t9-/m1/s1. The molecule has 0 unspecified atom stereocenters. The van der Waals surface area contributed by atoms with E-state index in [4.69, 9.17) is 4.74 Å². The largest absolute Gasteiger partial charge is 0.479 e. The Morgan fingerprint density at radius 1 is 1.33 bits per heavy atom. The molecule has 0 saturated carbocycles. The van der Waals surface area contributed by atoms with Crippen molar-refractivity contribution in [2.45, 2.75) is 13.0 Å². The summed E-state index contributed by atoms with van der Waals surface area (Å²) in [6, 6.07) is 8.40. The van der Waals surface area contributed by atoms with E-state index >= 15 is 0 Å². The van der Waals surface area contributed by atoms with Crippen molar-refractivity contribution in [1.82, 2.24) is 5.32 Å². The van der Waals surface area contributed by atoms with Gasteiger partial charge in [-0.2, -0.15) is 0 Å². The molecule has 8 heteroatoms. The number of rotatable bonds is 4. The molecule has 1 aliphatic rings. The Kier molecular flexibility index (Phi) is 4.48. The van der Waals surface area contributed by atoms with Gasteiger partial charge in [-0.15, -0.1) is 11.3 Å². The minimum atomic E-state index is -0.551. The number of carbonyl (C=O) groups excluding carboxylic acids is 3. The highest BCUT2D eigenvalue weighted by Gasteiger charge is 2.23. The number of ether oxygens (including phenoxy) is 1. The predicted octanol–water partition coefficient (Wildman–Crippen LogP) is 1.84. The molecule has 0 bridgehead atoms. The van der Waals surface area contributed by atoms with Gasteiger partial charge in [0, 0.05) is 5.69 Å². The Balaban J connectivity index is 1.58. The Morgan fingerprint density at radius 2 is 2.17 bits per heavy atom. The van der Waals surface area contributed by atoms with Gasteiger partial charge in [-0.3, -0.25) is 14.4 Å². The van der Waals surface area contributed by atoms with E-state index in [0.29, 0.717) is 22.0 Å². The van der Waals surface area contributed by atoms with Crippen LogP contribution in [0.3, 0.4) is 0 Å². The second-order valence-corrected chi connectivity index (χ2v) is 6.12. The van der Waals surface area contributed by atoms with Crippen molar-refractivity contribution in [2.75, 3.05) is 17.2 Å². The maximum absolute atomic E-state index is 11.9. The lowest BCUT2D eigenvalue weighted by Gasteiger charge is -2.23. The third-order valence-electron chi connectivity index (χ3n) is 3.35. The summed E-state index contributed by atoms with van der Waals surface area (Å²) in [4.78, 5) is 35.9. The molecule has 24 heavy (non-hydrogen) atoms. The van der Waals surface area contributed by atoms with Gasteiger partial charge < -0.3 is 20.7 Å². The molecule has 1 aromatic heterocycles. The van der Waals surface area contributed by atoms with Crippen molar-refractivity contribution in [3.63, 3.8) is 0 Å². The first kappa shape index (κ1) is 16.0. The molecule has 2 heterocycles. The fraction of sp³-hybridized carbons (Fsp3) is 0.188. The second-order valence-electron chi connectivity index (χ2n) is 5.17. The average Bonchev–Trinajstić information content (AvgIpc) is 3.08. The highest BCUT2D eigenvalue weighted by Crippen LogP contribution is 2.32. The number of anilines is 2. The lowest BCUT2D eigenvalue weighted by Crippen LogP contribution is -2.34. The maximum Gasteiger partial charge on any atom is 0.265 e. The van der Waals surface area contributed by atoms with E-state index in [9.17, 15) is 14.4 Å². The molecule has 0 fully saturated rings. The molecule has 0 saturated heterocycles. The summed E-state index contributed by atoms with van der Waals surface area (Å²) in [5.74, 6) is -0.350. The molecule has 7 nitrogen and oxygen atoms in total. The Labute approximate surface area is 142 Å². The quantitative estimate of drug-likeness (QED) is 0.788. The Morgan fingerprint density at radius 3 is 2.92 bits per heavy atom. The van der Waals surface area contributed by atoms with Crippen molar-refractivity contribution < 1.29 is 19.1 Å². The van der Waals surface area contributed by atoms with Crippen LogP contribution in [0.2, 0.25) is 0 Å². The van der Waals surface area contributed by atoms with E-state index in [1.807, 2.05) is 0 Å². The zero-order valence-electron chi connectivity index (χ0n) is 12.8. The van der Waals surface area contributed by atoms with Gasteiger partial charge in [0.25, 0.3) is 11.8 Å². The van der Waals surface area contributed by atoms with Gasteiger partial charge in [-0.05, 0) is 36.6 Å². The smallest absolute Gasteiger partial charge is 0.265 e. The third kappa shape index (κ3) is 3.54. The molecule has 0 spiro atoms. The van der Waals surface area contributed by atoms with E-state index in [1.54, 1.807) is 42.6 Å². The van der Waals surface area contributed by atoms with Crippen LogP contribution in [0, 0.1) is 0 Å². The third-order valence-corrected chi connectivity index (χ3v) is 4.22. The highest BCUT2D eigenvalue weighted by molar-refractivity contribution is 7.12. The van der Waals surface area contributed by atoms with Crippen LogP contribution in [0.1, 0.15) is 16.6 Å². The fourth-order valence-corrected chi connectivity index (χ4v) is 2.79. The number of nitrogens with one attached hydrogen (secondary N) is 3. The first-order chi connectivity index (χ1) is 11.5. The first-order valence-corrected chi connectivity index (χ1v) is 8.14. The number of thiophene rings is 1. The van der Waals surface area contributed by atoms with E-state index in [-0.39, 0.29) is 24.3 Å². The van der Waals surface area contributed by atoms with Crippen molar-refractivity contribution in [3.05, 3.63) is 40.6 Å².